The maximum Gasteiger partial charge on any atom is 0.306 e. The Hall–Kier alpha value is -1.17. The molecule has 0 spiro atoms. The quantitative estimate of drug-likeness (QED) is 0.235. The number of hydrogen-bond acceptors (Lipinski definition) is 5. The summed E-state index contributed by atoms with van der Waals surface area (Å²) in [5.41, 5.74) is 0. The lowest BCUT2D eigenvalue weighted by atomic mass is 9.89. The molecule has 0 saturated heterocycles. The van der Waals surface area contributed by atoms with Crippen LogP contribution in [0.15, 0.2) is 24.3 Å². The molecule has 1 aliphatic rings. The van der Waals surface area contributed by atoms with Gasteiger partial charge in [0.15, 0.2) is 0 Å². The molecule has 168 valence electrons. The van der Waals surface area contributed by atoms with Crippen LogP contribution >= 0.6 is 0 Å². The summed E-state index contributed by atoms with van der Waals surface area (Å²) in [7, 11) is 1.74. The van der Waals surface area contributed by atoms with Crippen LogP contribution in [0.3, 0.4) is 0 Å². The second kappa shape index (κ2) is 15.6. The van der Waals surface area contributed by atoms with E-state index in [-0.39, 0.29) is 23.9 Å². The smallest absolute Gasteiger partial charge is 0.306 e. The van der Waals surface area contributed by atoms with Gasteiger partial charge in [0.05, 0.1) is 18.3 Å². The molecule has 0 radical (unpaired) electrons. The molecule has 0 aromatic heterocycles. The average molecular weight is 411 g/mol. The van der Waals surface area contributed by atoms with Gasteiger partial charge in [-0.3, -0.25) is 4.79 Å². The number of methoxy groups -OCH3 is 1. The third-order valence-electron chi connectivity index (χ3n) is 5.44. The van der Waals surface area contributed by atoms with Gasteiger partial charge in [0, 0.05) is 32.5 Å². The molecule has 0 aromatic rings. The van der Waals surface area contributed by atoms with Crippen LogP contribution < -0.4 is 0 Å². The van der Waals surface area contributed by atoms with E-state index in [0.717, 1.165) is 45.1 Å². The zero-order valence-corrected chi connectivity index (χ0v) is 18.6. The summed E-state index contributed by atoms with van der Waals surface area (Å²) in [6, 6.07) is 0. The SMILES string of the molecule is COCCCCCCC=C[C@@H]1C(CC=CCCCC(=O)OC(C)C)[C@@H](O)C[C@H]1O. The van der Waals surface area contributed by atoms with Crippen LogP contribution in [0.4, 0.5) is 0 Å². The highest BCUT2D eigenvalue weighted by Gasteiger charge is 2.39. The number of hydrogen-bond donors (Lipinski definition) is 2. The molecule has 1 aliphatic carbocycles. The van der Waals surface area contributed by atoms with Crippen molar-refractivity contribution in [2.75, 3.05) is 13.7 Å². The first-order valence-corrected chi connectivity index (χ1v) is 11.3. The Bertz CT molecular complexity index is 486. The predicted molar refractivity (Wildman–Crippen MR) is 117 cm³/mol. The van der Waals surface area contributed by atoms with Gasteiger partial charge in [-0.05, 0) is 58.3 Å². The fourth-order valence-corrected chi connectivity index (χ4v) is 3.88. The van der Waals surface area contributed by atoms with Crippen LogP contribution in [0.1, 0.15) is 78.1 Å². The highest BCUT2D eigenvalue weighted by Crippen LogP contribution is 2.36. The van der Waals surface area contributed by atoms with Crippen molar-refractivity contribution < 1.29 is 24.5 Å². The summed E-state index contributed by atoms with van der Waals surface area (Å²) in [5.74, 6) is -0.0686. The van der Waals surface area contributed by atoms with Gasteiger partial charge in [0.2, 0.25) is 0 Å². The van der Waals surface area contributed by atoms with Crippen molar-refractivity contribution in [3.05, 3.63) is 24.3 Å². The summed E-state index contributed by atoms with van der Waals surface area (Å²) in [6.45, 7) is 4.54. The third kappa shape index (κ3) is 11.6. The van der Waals surface area contributed by atoms with Gasteiger partial charge < -0.3 is 19.7 Å². The van der Waals surface area contributed by atoms with E-state index >= 15 is 0 Å². The number of carbonyl (C=O) groups is 1. The minimum absolute atomic E-state index is 0.0177. The van der Waals surface area contributed by atoms with Gasteiger partial charge >= 0.3 is 5.97 Å². The summed E-state index contributed by atoms with van der Waals surface area (Å²) in [4.78, 5) is 11.5. The van der Waals surface area contributed by atoms with E-state index in [1.165, 1.54) is 12.8 Å². The van der Waals surface area contributed by atoms with Gasteiger partial charge in [-0.2, -0.15) is 0 Å². The molecule has 1 unspecified atom stereocenters. The zero-order valence-electron chi connectivity index (χ0n) is 18.6. The van der Waals surface area contributed by atoms with Crippen LogP contribution in [0.25, 0.3) is 0 Å². The normalized spacial score (nSPS) is 24.9. The highest BCUT2D eigenvalue weighted by molar-refractivity contribution is 5.69. The van der Waals surface area contributed by atoms with E-state index < -0.39 is 12.2 Å². The Morgan fingerprint density at radius 2 is 1.72 bits per heavy atom. The lowest BCUT2D eigenvalue weighted by molar-refractivity contribution is -0.147. The lowest BCUT2D eigenvalue weighted by Gasteiger charge is -2.19. The van der Waals surface area contributed by atoms with Crippen molar-refractivity contribution in [3.63, 3.8) is 0 Å². The molecule has 4 atom stereocenters. The molecule has 5 heteroatoms. The minimum Gasteiger partial charge on any atom is -0.463 e. The van der Waals surface area contributed by atoms with Crippen LogP contribution in [0.2, 0.25) is 0 Å². The van der Waals surface area contributed by atoms with E-state index in [9.17, 15) is 15.0 Å². The molecule has 29 heavy (non-hydrogen) atoms. The van der Waals surface area contributed by atoms with E-state index in [4.69, 9.17) is 9.47 Å². The van der Waals surface area contributed by atoms with Crippen molar-refractivity contribution in [3.8, 4) is 0 Å². The molecule has 0 amide bonds. The van der Waals surface area contributed by atoms with Gasteiger partial charge in [-0.25, -0.2) is 0 Å². The molecule has 2 N–H and O–H groups in total. The first kappa shape index (κ1) is 25.9. The largest absolute Gasteiger partial charge is 0.463 e. The number of rotatable bonds is 15. The monoisotopic (exact) mass is 410 g/mol. The molecule has 5 nitrogen and oxygen atoms in total. The molecule has 0 bridgehead atoms. The molecule has 1 rings (SSSR count). The van der Waals surface area contributed by atoms with Crippen LogP contribution in [0.5, 0.6) is 0 Å². The molecule has 1 saturated carbocycles. The van der Waals surface area contributed by atoms with E-state index in [1.54, 1.807) is 7.11 Å². The second-order valence-corrected chi connectivity index (χ2v) is 8.37. The number of unbranched alkanes of at least 4 members (excludes halogenated alkanes) is 5. The Morgan fingerprint density at radius 3 is 2.45 bits per heavy atom. The van der Waals surface area contributed by atoms with E-state index in [1.807, 2.05) is 13.8 Å². The van der Waals surface area contributed by atoms with Crippen molar-refractivity contribution in [1.29, 1.82) is 0 Å². The van der Waals surface area contributed by atoms with Crippen molar-refractivity contribution in [2.45, 2.75) is 96.4 Å². The molecule has 0 heterocycles. The third-order valence-corrected chi connectivity index (χ3v) is 5.44. The summed E-state index contributed by atoms with van der Waals surface area (Å²) >= 11 is 0. The lowest BCUT2D eigenvalue weighted by Crippen LogP contribution is -2.19. The number of carbonyl (C=O) groups excluding carboxylic acids is 1. The Balaban J connectivity index is 2.29. The van der Waals surface area contributed by atoms with Gasteiger partial charge in [-0.15, -0.1) is 0 Å². The van der Waals surface area contributed by atoms with Crippen LogP contribution in [0, 0.1) is 11.8 Å². The number of aliphatic hydroxyl groups excluding tert-OH is 2. The van der Waals surface area contributed by atoms with Gasteiger partial charge in [0.25, 0.3) is 0 Å². The Labute approximate surface area is 177 Å². The molecule has 1 fully saturated rings. The summed E-state index contributed by atoms with van der Waals surface area (Å²) < 4.78 is 10.2. The summed E-state index contributed by atoms with van der Waals surface area (Å²) in [6.07, 6.45) is 16.3. The maximum absolute atomic E-state index is 11.5. The second-order valence-electron chi connectivity index (χ2n) is 8.37. The molecule has 0 aromatic carbocycles. The fraction of sp³-hybridized carbons (Fsp3) is 0.792. The molecular weight excluding hydrogens is 368 g/mol. The Kier molecular flexibility index (Phi) is 14.0. The Morgan fingerprint density at radius 1 is 1.00 bits per heavy atom. The first-order valence-electron chi connectivity index (χ1n) is 11.3. The number of ether oxygens (including phenoxy) is 2. The number of allylic oxidation sites excluding steroid dienone is 3. The van der Waals surface area contributed by atoms with Crippen molar-refractivity contribution in [2.24, 2.45) is 11.8 Å². The standard InChI is InChI=1S/C24H42O5/c1-19(2)29-24(27)16-12-8-7-11-15-21-20(22(25)18-23(21)26)14-10-6-4-5-9-13-17-28-3/h7,10-11,14,19-23,25-26H,4-6,8-9,12-13,15-18H2,1-3H3/t20-,21?,22-,23+/m1/s1. The first-order chi connectivity index (χ1) is 14.0. The topological polar surface area (TPSA) is 76.0 Å². The van der Waals surface area contributed by atoms with E-state index in [0.29, 0.717) is 12.8 Å². The van der Waals surface area contributed by atoms with Crippen LogP contribution in [-0.2, 0) is 14.3 Å². The van der Waals surface area contributed by atoms with Gasteiger partial charge in [-0.1, -0.05) is 37.1 Å². The molecule has 0 aliphatic heterocycles. The molecular formula is C24H42O5. The van der Waals surface area contributed by atoms with Crippen LogP contribution in [-0.4, -0.2) is 48.2 Å². The summed E-state index contributed by atoms with van der Waals surface area (Å²) in [5, 5.41) is 20.6. The van der Waals surface area contributed by atoms with Gasteiger partial charge in [0.1, 0.15) is 0 Å². The number of esters is 1. The highest BCUT2D eigenvalue weighted by atomic mass is 16.5. The minimum atomic E-state index is -0.466. The average Bonchev–Trinajstić information content (AvgIpc) is 2.92. The van der Waals surface area contributed by atoms with Crippen molar-refractivity contribution >= 4 is 5.97 Å². The predicted octanol–water partition coefficient (Wildman–Crippen LogP) is 4.57. The fourth-order valence-electron chi connectivity index (χ4n) is 3.88. The maximum atomic E-state index is 11.5. The zero-order chi connectivity index (χ0) is 21.5. The van der Waals surface area contributed by atoms with Crippen molar-refractivity contribution in [1.82, 2.24) is 0 Å². The number of aliphatic hydroxyl groups is 2. The van der Waals surface area contributed by atoms with E-state index in [2.05, 4.69) is 24.3 Å².